The van der Waals surface area contributed by atoms with Crippen molar-refractivity contribution in [3.8, 4) is 0 Å². The molecule has 0 aliphatic rings. The average Bonchev–Trinajstić information content (AvgIpc) is 2.32. The third kappa shape index (κ3) is 5.33. The van der Waals surface area contributed by atoms with Gasteiger partial charge < -0.3 is 10.4 Å². The zero-order valence-electron chi connectivity index (χ0n) is 11.3. The molecule has 0 bridgehead atoms. The van der Waals surface area contributed by atoms with Crippen molar-refractivity contribution in [2.45, 2.75) is 40.2 Å². The first-order chi connectivity index (χ1) is 8.13. The Bertz CT molecular complexity index is 336. The number of aliphatic hydroxyl groups excluding tert-OH is 1. The van der Waals surface area contributed by atoms with E-state index in [-0.39, 0.29) is 0 Å². The lowest BCUT2D eigenvalue weighted by molar-refractivity contribution is 0.228. The van der Waals surface area contributed by atoms with Gasteiger partial charge in [-0.15, -0.1) is 0 Å². The molecule has 2 heteroatoms. The normalized spacial score (nSPS) is 12.7. The van der Waals surface area contributed by atoms with Crippen LogP contribution in [-0.4, -0.2) is 18.3 Å². The largest absolute Gasteiger partial charge is 0.396 e. The first-order valence-corrected chi connectivity index (χ1v) is 6.51. The minimum absolute atomic E-state index is 0.303. The monoisotopic (exact) mass is 235 g/mol. The summed E-state index contributed by atoms with van der Waals surface area (Å²) < 4.78 is 0. The summed E-state index contributed by atoms with van der Waals surface area (Å²) in [4.78, 5) is 0. The smallest absolute Gasteiger partial charge is 0.0456 e. The Morgan fingerprint density at radius 1 is 1.29 bits per heavy atom. The summed E-state index contributed by atoms with van der Waals surface area (Å²) in [5.41, 5.74) is 4.06. The van der Waals surface area contributed by atoms with Crippen LogP contribution in [0.1, 0.15) is 36.5 Å². The molecule has 96 valence electrons. The van der Waals surface area contributed by atoms with Crippen LogP contribution in [0.3, 0.4) is 0 Å². The molecule has 0 aliphatic carbocycles. The van der Waals surface area contributed by atoms with E-state index in [1.54, 1.807) is 0 Å². The predicted octanol–water partition coefficient (Wildman–Crippen LogP) is 2.80. The summed E-state index contributed by atoms with van der Waals surface area (Å²) in [5.74, 6) is 0.428. The van der Waals surface area contributed by atoms with Crippen molar-refractivity contribution in [2.75, 3.05) is 13.2 Å². The van der Waals surface area contributed by atoms with Gasteiger partial charge in [0.05, 0.1) is 0 Å². The van der Waals surface area contributed by atoms with E-state index in [1.165, 1.54) is 16.7 Å². The van der Waals surface area contributed by atoms with Gasteiger partial charge in [-0.2, -0.15) is 0 Å². The number of nitrogens with one attached hydrogen (secondary N) is 1. The lowest BCUT2D eigenvalue weighted by Crippen LogP contribution is -2.16. The molecule has 0 radical (unpaired) electrons. The van der Waals surface area contributed by atoms with Gasteiger partial charge in [0.25, 0.3) is 0 Å². The van der Waals surface area contributed by atoms with E-state index >= 15 is 0 Å². The fourth-order valence-electron chi connectivity index (χ4n) is 1.88. The van der Waals surface area contributed by atoms with Crippen molar-refractivity contribution in [1.29, 1.82) is 0 Å². The van der Waals surface area contributed by atoms with E-state index in [2.05, 4.69) is 44.3 Å². The number of aryl methyl sites for hydroxylation is 2. The van der Waals surface area contributed by atoms with E-state index in [0.717, 1.165) is 25.9 Å². The highest BCUT2D eigenvalue weighted by Gasteiger charge is 2.00. The van der Waals surface area contributed by atoms with Gasteiger partial charge in [0.15, 0.2) is 0 Å². The van der Waals surface area contributed by atoms with Gasteiger partial charge in [0.2, 0.25) is 0 Å². The van der Waals surface area contributed by atoms with Crippen molar-refractivity contribution in [1.82, 2.24) is 5.32 Å². The maximum atomic E-state index is 8.92. The number of benzene rings is 1. The Hall–Kier alpha value is -0.860. The van der Waals surface area contributed by atoms with Gasteiger partial charge in [-0.3, -0.25) is 0 Å². The molecule has 1 rings (SSSR count). The van der Waals surface area contributed by atoms with E-state index in [1.807, 2.05) is 0 Å². The van der Waals surface area contributed by atoms with E-state index in [4.69, 9.17) is 5.11 Å². The average molecular weight is 235 g/mol. The van der Waals surface area contributed by atoms with Crippen molar-refractivity contribution in [3.05, 3.63) is 34.9 Å². The molecule has 2 N–H and O–H groups in total. The second-order valence-electron chi connectivity index (χ2n) is 5.04. The van der Waals surface area contributed by atoms with E-state index in [9.17, 15) is 0 Å². The molecule has 0 heterocycles. The Labute approximate surface area is 105 Å². The van der Waals surface area contributed by atoms with Crippen molar-refractivity contribution < 1.29 is 5.11 Å². The van der Waals surface area contributed by atoms with Crippen LogP contribution in [0.2, 0.25) is 0 Å². The van der Waals surface area contributed by atoms with E-state index < -0.39 is 0 Å². The van der Waals surface area contributed by atoms with Gasteiger partial charge in [-0.1, -0.05) is 30.7 Å². The molecule has 17 heavy (non-hydrogen) atoms. The van der Waals surface area contributed by atoms with E-state index in [0.29, 0.717) is 12.5 Å². The molecular formula is C15H25NO. The molecule has 0 saturated heterocycles. The van der Waals surface area contributed by atoms with Crippen LogP contribution in [-0.2, 0) is 6.54 Å². The summed E-state index contributed by atoms with van der Waals surface area (Å²) in [7, 11) is 0. The molecule has 0 fully saturated rings. The summed E-state index contributed by atoms with van der Waals surface area (Å²) >= 11 is 0. The quantitative estimate of drug-likeness (QED) is 0.712. The Morgan fingerprint density at radius 3 is 2.76 bits per heavy atom. The first kappa shape index (κ1) is 14.2. The molecule has 0 aromatic heterocycles. The maximum Gasteiger partial charge on any atom is 0.0456 e. The highest BCUT2D eigenvalue weighted by molar-refractivity contribution is 5.30. The van der Waals surface area contributed by atoms with Crippen molar-refractivity contribution >= 4 is 0 Å². The zero-order chi connectivity index (χ0) is 12.7. The van der Waals surface area contributed by atoms with Gasteiger partial charge in [0, 0.05) is 13.2 Å². The summed E-state index contributed by atoms with van der Waals surface area (Å²) in [6.45, 7) is 8.65. The molecule has 1 unspecified atom stereocenters. The highest BCUT2D eigenvalue weighted by Crippen LogP contribution is 2.10. The van der Waals surface area contributed by atoms with Crippen molar-refractivity contribution in [2.24, 2.45) is 5.92 Å². The summed E-state index contributed by atoms with van der Waals surface area (Å²) in [5, 5.41) is 12.4. The number of aliphatic hydroxyl groups is 1. The van der Waals surface area contributed by atoms with Crippen LogP contribution in [0.5, 0.6) is 0 Å². The molecule has 1 aromatic carbocycles. The van der Waals surface area contributed by atoms with Gasteiger partial charge in [0.1, 0.15) is 0 Å². The van der Waals surface area contributed by atoms with Crippen LogP contribution < -0.4 is 5.32 Å². The van der Waals surface area contributed by atoms with Crippen LogP contribution in [0.4, 0.5) is 0 Å². The lowest BCUT2D eigenvalue weighted by Gasteiger charge is -2.10. The minimum atomic E-state index is 0.303. The molecular weight excluding hydrogens is 210 g/mol. The predicted molar refractivity (Wildman–Crippen MR) is 73.1 cm³/mol. The number of hydrogen-bond acceptors (Lipinski definition) is 2. The molecule has 0 spiro atoms. The fraction of sp³-hybridized carbons (Fsp3) is 0.600. The zero-order valence-corrected chi connectivity index (χ0v) is 11.3. The Kier molecular flexibility index (Phi) is 6.23. The Balaban J connectivity index is 2.24. The van der Waals surface area contributed by atoms with Crippen LogP contribution in [0, 0.1) is 19.8 Å². The van der Waals surface area contributed by atoms with Gasteiger partial charge in [-0.25, -0.2) is 0 Å². The third-order valence-electron chi connectivity index (χ3n) is 3.18. The van der Waals surface area contributed by atoms with Crippen molar-refractivity contribution in [3.63, 3.8) is 0 Å². The number of rotatable bonds is 7. The van der Waals surface area contributed by atoms with Crippen LogP contribution in [0.25, 0.3) is 0 Å². The second kappa shape index (κ2) is 7.46. The van der Waals surface area contributed by atoms with Crippen LogP contribution in [0.15, 0.2) is 18.2 Å². The maximum absolute atomic E-state index is 8.92. The minimum Gasteiger partial charge on any atom is -0.396 e. The molecule has 0 aliphatic heterocycles. The summed E-state index contributed by atoms with van der Waals surface area (Å²) in [6.07, 6.45) is 2.23. The standard InChI is InChI=1S/C15H25NO/c1-12-6-7-14(3)15(9-12)10-16-8-4-5-13(2)11-17/h6-7,9,13,16-17H,4-5,8,10-11H2,1-3H3. The first-order valence-electron chi connectivity index (χ1n) is 6.51. The Morgan fingerprint density at radius 2 is 2.06 bits per heavy atom. The van der Waals surface area contributed by atoms with Gasteiger partial charge in [-0.05, 0) is 50.3 Å². The fourth-order valence-corrected chi connectivity index (χ4v) is 1.88. The third-order valence-corrected chi connectivity index (χ3v) is 3.18. The summed E-state index contributed by atoms with van der Waals surface area (Å²) in [6, 6.07) is 6.58. The topological polar surface area (TPSA) is 32.3 Å². The second-order valence-corrected chi connectivity index (χ2v) is 5.04. The van der Waals surface area contributed by atoms with Gasteiger partial charge >= 0.3 is 0 Å². The molecule has 0 saturated carbocycles. The highest BCUT2D eigenvalue weighted by atomic mass is 16.3. The number of hydrogen-bond donors (Lipinski definition) is 2. The van der Waals surface area contributed by atoms with Crippen LogP contribution >= 0.6 is 0 Å². The molecule has 1 atom stereocenters. The SMILES string of the molecule is Cc1ccc(C)c(CNCCCC(C)CO)c1. The molecule has 2 nitrogen and oxygen atoms in total. The molecule has 0 amide bonds. The lowest BCUT2D eigenvalue weighted by atomic mass is 10.1. The molecule has 1 aromatic rings.